The van der Waals surface area contributed by atoms with E-state index in [1.807, 2.05) is 10.6 Å². The van der Waals surface area contributed by atoms with Gasteiger partial charge >= 0.3 is 0 Å². The highest BCUT2D eigenvalue weighted by Gasteiger charge is 2.19. The molecule has 6 heteroatoms. The number of anilines is 1. The van der Waals surface area contributed by atoms with Crippen LogP contribution in [0.25, 0.3) is 5.65 Å². The van der Waals surface area contributed by atoms with Crippen molar-refractivity contribution in [3.05, 3.63) is 53.9 Å². The van der Waals surface area contributed by atoms with Crippen LogP contribution in [0.5, 0.6) is 0 Å². The van der Waals surface area contributed by atoms with Crippen LogP contribution >= 0.6 is 0 Å². The lowest BCUT2D eigenvalue weighted by Gasteiger charge is -2.35. The molecule has 0 N–H and O–H groups in total. The van der Waals surface area contributed by atoms with E-state index >= 15 is 0 Å². The Labute approximate surface area is 148 Å². The fourth-order valence-electron chi connectivity index (χ4n) is 3.30. The molecule has 0 amide bonds. The van der Waals surface area contributed by atoms with Crippen molar-refractivity contribution in [2.24, 2.45) is 0 Å². The van der Waals surface area contributed by atoms with Crippen molar-refractivity contribution >= 4 is 11.5 Å². The second-order valence-electron chi connectivity index (χ2n) is 6.92. The first-order valence-corrected chi connectivity index (χ1v) is 8.94. The highest BCUT2D eigenvalue weighted by Crippen LogP contribution is 2.18. The number of nitrogens with zero attached hydrogens (tertiary/aromatic N) is 6. The highest BCUT2D eigenvalue weighted by molar-refractivity contribution is 5.46. The van der Waals surface area contributed by atoms with Gasteiger partial charge in [-0.25, -0.2) is 0 Å². The fraction of sp³-hybridized carbons (Fsp3) is 0.421. The zero-order chi connectivity index (χ0) is 17.2. The summed E-state index contributed by atoms with van der Waals surface area (Å²) in [6.07, 6.45) is 0. The maximum absolute atomic E-state index is 4.79. The van der Waals surface area contributed by atoms with Crippen LogP contribution in [-0.2, 0) is 6.54 Å². The Morgan fingerprint density at radius 1 is 0.920 bits per heavy atom. The summed E-state index contributed by atoms with van der Waals surface area (Å²) in [5.41, 5.74) is 2.19. The van der Waals surface area contributed by atoms with Crippen LogP contribution in [0.4, 0.5) is 5.82 Å². The predicted octanol–water partition coefficient (Wildman–Crippen LogP) is 2.57. The van der Waals surface area contributed by atoms with Crippen LogP contribution in [0.15, 0.2) is 42.5 Å². The second kappa shape index (κ2) is 6.80. The van der Waals surface area contributed by atoms with Crippen LogP contribution in [0.2, 0.25) is 0 Å². The molecule has 4 rings (SSSR count). The minimum absolute atomic E-state index is 0.306. The third-order valence-electron chi connectivity index (χ3n) is 4.73. The van der Waals surface area contributed by atoms with Gasteiger partial charge in [0.15, 0.2) is 11.5 Å². The number of piperazine rings is 1. The Morgan fingerprint density at radius 2 is 1.68 bits per heavy atom. The van der Waals surface area contributed by atoms with E-state index in [0.717, 1.165) is 50.0 Å². The molecular formula is C19H24N6. The van der Waals surface area contributed by atoms with Gasteiger partial charge in [0.25, 0.3) is 0 Å². The minimum atomic E-state index is 0.306. The Kier molecular flexibility index (Phi) is 4.36. The van der Waals surface area contributed by atoms with Gasteiger partial charge in [-0.2, -0.15) is 4.52 Å². The quantitative estimate of drug-likeness (QED) is 0.733. The molecule has 3 aromatic rings. The molecule has 0 spiro atoms. The van der Waals surface area contributed by atoms with Gasteiger partial charge in [-0.3, -0.25) is 4.90 Å². The van der Waals surface area contributed by atoms with E-state index in [9.17, 15) is 0 Å². The van der Waals surface area contributed by atoms with Crippen molar-refractivity contribution in [2.75, 3.05) is 31.1 Å². The van der Waals surface area contributed by atoms with Crippen molar-refractivity contribution in [3.63, 3.8) is 0 Å². The van der Waals surface area contributed by atoms with Crippen molar-refractivity contribution in [1.29, 1.82) is 0 Å². The second-order valence-corrected chi connectivity index (χ2v) is 6.92. The van der Waals surface area contributed by atoms with Gasteiger partial charge in [0.2, 0.25) is 0 Å². The van der Waals surface area contributed by atoms with Gasteiger partial charge < -0.3 is 4.90 Å². The summed E-state index contributed by atoms with van der Waals surface area (Å²) in [7, 11) is 0. The average Bonchev–Trinajstić information content (AvgIpc) is 3.07. The first kappa shape index (κ1) is 16.0. The molecule has 1 fully saturated rings. The molecule has 0 unspecified atom stereocenters. The third-order valence-corrected chi connectivity index (χ3v) is 4.73. The lowest BCUT2D eigenvalue weighted by atomic mass is 10.2. The molecule has 6 nitrogen and oxygen atoms in total. The van der Waals surface area contributed by atoms with E-state index in [1.165, 1.54) is 5.56 Å². The van der Waals surface area contributed by atoms with Crippen LogP contribution in [0, 0.1) is 0 Å². The molecule has 1 saturated heterocycles. The van der Waals surface area contributed by atoms with Crippen molar-refractivity contribution in [1.82, 2.24) is 24.7 Å². The summed E-state index contributed by atoms with van der Waals surface area (Å²) < 4.78 is 1.89. The molecule has 25 heavy (non-hydrogen) atoms. The fourth-order valence-corrected chi connectivity index (χ4v) is 3.30. The standard InChI is InChI=1S/C19H24N6/c1-15(2)19-21-20-17-8-9-18(22-25(17)19)24-12-10-23(11-13-24)14-16-6-4-3-5-7-16/h3-9,15H,10-14H2,1-2H3. The summed E-state index contributed by atoms with van der Waals surface area (Å²) in [5, 5.41) is 13.3. The molecule has 1 aliphatic rings. The van der Waals surface area contributed by atoms with E-state index in [-0.39, 0.29) is 0 Å². The number of hydrogen-bond donors (Lipinski definition) is 0. The Bertz CT molecular complexity index is 834. The molecule has 130 valence electrons. The summed E-state index contributed by atoms with van der Waals surface area (Å²) in [5.74, 6) is 2.23. The number of fused-ring (bicyclic) bond motifs is 1. The molecule has 0 bridgehead atoms. The zero-order valence-electron chi connectivity index (χ0n) is 14.8. The smallest absolute Gasteiger partial charge is 0.178 e. The van der Waals surface area contributed by atoms with E-state index in [0.29, 0.717) is 5.92 Å². The predicted molar refractivity (Wildman–Crippen MR) is 98.8 cm³/mol. The molecule has 1 aromatic carbocycles. The Balaban J connectivity index is 1.45. The van der Waals surface area contributed by atoms with Crippen molar-refractivity contribution in [3.8, 4) is 0 Å². The maximum atomic E-state index is 4.79. The lowest BCUT2D eigenvalue weighted by Crippen LogP contribution is -2.46. The van der Waals surface area contributed by atoms with Crippen LogP contribution < -0.4 is 4.90 Å². The van der Waals surface area contributed by atoms with Crippen LogP contribution in [-0.4, -0.2) is 50.9 Å². The van der Waals surface area contributed by atoms with Gasteiger partial charge in [0.05, 0.1) is 0 Å². The van der Waals surface area contributed by atoms with E-state index < -0.39 is 0 Å². The van der Waals surface area contributed by atoms with Crippen molar-refractivity contribution < 1.29 is 0 Å². The molecule has 0 atom stereocenters. The van der Waals surface area contributed by atoms with Gasteiger partial charge in [0, 0.05) is 38.6 Å². The van der Waals surface area contributed by atoms with E-state index in [4.69, 9.17) is 5.10 Å². The molecule has 1 aliphatic heterocycles. The minimum Gasteiger partial charge on any atom is -0.353 e. The summed E-state index contributed by atoms with van der Waals surface area (Å²) in [6, 6.07) is 14.7. The van der Waals surface area contributed by atoms with Crippen molar-refractivity contribution in [2.45, 2.75) is 26.3 Å². The SMILES string of the molecule is CC(C)c1nnc2ccc(N3CCN(Cc4ccccc4)CC3)nn12. The van der Waals surface area contributed by atoms with E-state index in [1.54, 1.807) is 0 Å². The van der Waals surface area contributed by atoms with Crippen LogP contribution in [0.3, 0.4) is 0 Å². The van der Waals surface area contributed by atoms with E-state index in [2.05, 4.69) is 70.2 Å². The molecule has 3 heterocycles. The van der Waals surface area contributed by atoms with Gasteiger partial charge in [-0.15, -0.1) is 15.3 Å². The molecule has 0 radical (unpaired) electrons. The Morgan fingerprint density at radius 3 is 2.40 bits per heavy atom. The normalized spacial score (nSPS) is 16.0. The molecule has 0 saturated carbocycles. The number of hydrogen-bond acceptors (Lipinski definition) is 5. The van der Waals surface area contributed by atoms with Gasteiger partial charge in [-0.05, 0) is 17.7 Å². The maximum Gasteiger partial charge on any atom is 0.178 e. The van der Waals surface area contributed by atoms with Gasteiger partial charge in [0.1, 0.15) is 5.82 Å². The molecule has 0 aliphatic carbocycles. The highest BCUT2D eigenvalue weighted by atomic mass is 15.4. The summed E-state index contributed by atoms with van der Waals surface area (Å²) in [6.45, 7) is 9.33. The topological polar surface area (TPSA) is 49.6 Å². The summed E-state index contributed by atoms with van der Waals surface area (Å²) in [4.78, 5) is 4.85. The Hall–Kier alpha value is -2.47. The first-order valence-electron chi connectivity index (χ1n) is 8.94. The largest absolute Gasteiger partial charge is 0.353 e. The molecular weight excluding hydrogens is 312 g/mol. The summed E-state index contributed by atoms with van der Waals surface area (Å²) >= 11 is 0. The monoisotopic (exact) mass is 336 g/mol. The average molecular weight is 336 g/mol. The zero-order valence-corrected chi connectivity index (χ0v) is 14.8. The number of aromatic nitrogens is 4. The van der Waals surface area contributed by atoms with Gasteiger partial charge in [-0.1, -0.05) is 44.2 Å². The number of benzene rings is 1. The third kappa shape index (κ3) is 3.35. The molecule has 2 aromatic heterocycles. The number of rotatable bonds is 4. The van der Waals surface area contributed by atoms with Crippen LogP contribution in [0.1, 0.15) is 31.2 Å². The first-order chi connectivity index (χ1) is 12.2. The lowest BCUT2D eigenvalue weighted by molar-refractivity contribution is 0.249.